The maximum Gasteiger partial charge on any atom is 0.0541 e. The van der Waals surface area contributed by atoms with Crippen molar-refractivity contribution in [1.82, 2.24) is 4.90 Å². The summed E-state index contributed by atoms with van der Waals surface area (Å²) in [7, 11) is 0. The van der Waals surface area contributed by atoms with E-state index in [2.05, 4.69) is 40.6 Å². The molecule has 0 saturated carbocycles. The summed E-state index contributed by atoms with van der Waals surface area (Å²) in [4.78, 5) is 2.17. The SMILES string of the molecule is CCN1C=CC(I)=C(Cl)C1. The fourth-order valence-corrected chi connectivity index (χ4v) is 1.33. The summed E-state index contributed by atoms with van der Waals surface area (Å²) < 4.78 is 1.16. The van der Waals surface area contributed by atoms with E-state index < -0.39 is 0 Å². The first kappa shape index (κ1) is 8.40. The second-order valence-corrected chi connectivity index (χ2v) is 3.75. The number of likely N-dealkylation sites (N-methyl/N-ethyl adjacent to an activating group) is 1. The number of nitrogens with zero attached hydrogens (tertiary/aromatic N) is 1. The average molecular weight is 270 g/mol. The summed E-state index contributed by atoms with van der Waals surface area (Å²) in [5, 5.41) is 0.949. The van der Waals surface area contributed by atoms with Crippen LogP contribution in [0.3, 0.4) is 0 Å². The molecule has 3 heteroatoms. The molecule has 0 bridgehead atoms. The summed E-state index contributed by atoms with van der Waals surface area (Å²) in [6, 6.07) is 0. The highest BCUT2D eigenvalue weighted by molar-refractivity contribution is 14.1. The molecule has 0 aliphatic carbocycles. The van der Waals surface area contributed by atoms with Crippen LogP contribution >= 0.6 is 34.2 Å². The topological polar surface area (TPSA) is 3.24 Å². The lowest BCUT2D eigenvalue weighted by Gasteiger charge is -2.21. The van der Waals surface area contributed by atoms with Gasteiger partial charge in [0, 0.05) is 16.3 Å². The van der Waals surface area contributed by atoms with E-state index in [-0.39, 0.29) is 0 Å². The van der Waals surface area contributed by atoms with Crippen molar-refractivity contribution in [2.45, 2.75) is 6.92 Å². The number of halogens is 2. The summed E-state index contributed by atoms with van der Waals surface area (Å²) >= 11 is 8.16. The predicted octanol–water partition coefficient (Wildman–Crippen LogP) is 2.72. The third-order valence-corrected chi connectivity index (χ3v) is 3.09. The summed E-state index contributed by atoms with van der Waals surface area (Å²) in [6.07, 6.45) is 4.11. The molecule has 1 nitrogen and oxygen atoms in total. The zero-order chi connectivity index (χ0) is 7.56. The van der Waals surface area contributed by atoms with Gasteiger partial charge in [-0.05, 0) is 35.6 Å². The first-order chi connectivity index (χ1) is 4.74. The van der Waals surface area contributed by atoms with Gasteiger partial charge in [0.25, 0.3) is 0 Å². The highest BCUT2D eigenvalue weighted by atomic mass is 127. The van der Waals surface area contributed by atoms with Crippen LogP contribution in [-0.4, -0.2) is 18.0 Å². The minimum absolute atomic E-state index is 0.868. The Labute approximate surface area is 79.9 Å². The van der Waals surface area contributed by atoms with Crippen molar-refractivity contribution < 1.29 is 0 Å². The van der Waals surface area contributed by atoms with E-state index in [1.807, 2.05) is 6.08 Å². The largest absolute Gasteiger partial charge is 0.372 e. The van der Waals surface area contributed by atoms with Crippen LogP contribution in [0.5, 0.6) is 0 Å². The normalized spacial score (nSPS) is 18.5. The number of allylic oxidation sites excluding steroid dienone is 2. The molecule has 10 heavy (non-hydrogen) atoms. The van der Waals surface area contributed by atoms with Crippen LogP contribution in [0.2, 0.25) is 0 Å². The molecule has 0 amide bonds. The van der Waals surface area contributed by atoms with Gasteiger partial charge in [0.2, 0.25) is 0 Å². The standard InChI is InChI=1S/C7H9ClIN/c1-2-10-4-3-7(9)6(8)5-10/h3-4H,2,5H2,1H3. The Kier molecular flexibility index (Phi) is 3.04. The molecule has 0 atom stereocenters. The van der Waals surface area contributed by atoms with Crippen molar-refractivity contribution in [2.75, 3.05) is 13.1 Å². The molecule has 1 aliphatic heterocycles. The maximum atomic E-state index is 5.92. The molecular formula is C7H9ClIN. The summed E-state index contributed by atoms with van der Waals surface area (Å²) in [5.74, 6) is 0. The Bertz CT molecular complexity index is 186. The summed E-state index contributed by atoms with van der Waals surface area (Å²) in [6.45, 7) is 4.01. The number of rotatable bonds is 1. The lowest BCUT2D eigenvalue weighted by atomic mass is 10.3. The quantitative estimate of drug-likeness (QED) is 0.662. The molecule has 0 aromatic heterocycles. The molecule has 0 spiro atoms. The molecule has 0 aromatic carbocycles. The van der Waals surface area contributed by atoms with Gasteiger partial charge < -0.3 is 4.90 Å². The first-order valence-corrected chi connectivity index (χ1v) is 4.66. The van der Waals surface area contributed by atoms with Gasteiger partial charge in [-0.3, -0.25) is 0 Å². The fraction of sp³-hybridized carbons (Fsp3) is 0.429. The van der Waals surface area contributed by atoms with Crippen molar-refractivity contribution in [1.29, 1.82) is 0 Å². The highest BCUT2D eigenvalue weighted by Gasteiger charge is 2.07. The van der Waals surface area contributed by atoms with Crippen LogP contribution in [0.1, 0.15) is 6.92 Å². The van der Waals surface area contributed by atoms with E-state index in [1.165, 1.54) is 0 Å². The van der Waals surface area contributed by atoms with Crippen LogP contribution < -0.4 is 0 Å². The van der Waals surface area contributed by atoms with E-state index in [4.69, 9.17) is 11.6 Å². The number of hydrogen-bond donors (Lipinski definition) is 0. The van der Waals surface area contributed by atoms with E-state index in [0.717, 1.165) is 21.7 Å². The molecule has 0 fully saturated rings. The molecule has 1 heterocycles. The van der Waals surface area contributed by atoms with E-state index in [9.17, 15) is 0 Å². The van der Waals surface area contributed by atoms with Crippen LogP contribution in [0.4, 0.5) is 0 Å². The van der Waals surface area contributed by atoms with Gasteiger partial charge in [0.05, 0.1) is 11.6 Å². The Hall–Kier alpha value is 0.300. The Balaban J connectivity index is 2.65. The molecule has 0 N–H and O–H groups in total. The lowest BCUT2D eigenvalue weighted by molar-refractivity contribution is 0.432. The van der Waals surface area contributed by atoms with Gasteiger partial charge in [-0.25, -0.2) is 0 Å². The smallest absolute Gasteiger partial charge is 0.0541 e. The lowest BCUT2D eigenvalue weighted by Crippen LogP contribution is -2.20. The third kappa shape index (κ3) is 1.89. The van der Waals surface area contributed by atoms with Gasteiger partial charge in [-0.15, -0.1) is 0 Å². The molecule has 1 rings (SSSR count). The molecule has 1 aliphatic rings. The van der Waals surface area contributed by atoms with E-state index in [1.54, 1.807) is 0 Å². The van der Waals surface area contributed by atoms with Crippen molar-refractivity contribution in [3.63, 3.8) is 0 Å². The molecule has 0 saturated heterocycles. The first-order valence-electron chi connectivity index (χ1n) is 3.20. The molecular weight excluding hydrogens is 260 g/mol. The Morgan fingerprint density at radius 3 is 3.00 bits per heavy atom. The monoisotopic (exact) mass is 269 g/mol. The second-order valence-electron chi connectivity index (χ2n) is 2.13. The van der Waals surface area contributed by atoms with Crippen molar-refractivity contribution >= 4 is 34.2 Å². The van der Waals surface area contributed by atoms with E-state index >= 15 is 0 Å². The van der Waals surface area contributed by atoms with Crippen LogP contribution in [0.15, 0.2) is 20.9 Å². The number of hydrogen-bond acceptors (Lipinski definition) is 1. The third-order valence-electron chi connectivity index (χ3n) is 1.44. The van der Waals surface area contributed by atoms with E-state index in [0.29, 0.717) is 0 Å². The minimum Gasteiger partial charge on any atom is -0.372 e. The highest BCUT2D eigenvalue weighted by Crippen LogP contribution is 2.22. The second kappa shape index (κ2) is 3.62. The Morgan fingerprint density at radius 1 is 1.80 bits per heavy atom. The van der Waals surface area contributed by atoms with Gasteiger partial charge in [-0.1, -0.05) is 11.6 Å². The average Bonchev–Trinajstić information content (AvgIpc) is 1.95. The molecule has 56 valence electrons. The Morgan fingerprint density at radius 2 is 2.50 bits per heavy atom. The van der Waals surface area contributed by atoms with Crippen molar-refractivity contribution in [3.8, 4) is 0 Å². The predicted molar refractivity (Wildman–Crippen MR) is 53.3 cm³/mol. The molecule has 0 radical (unpaired) electrons. The van der Waals surface area contributed by atoms with Gasteiger partial charge in [0.15, 0.2) is 0 Å². The van der Waals surface area contributed by atoms with Crippen molar-refractivity contribution in [2.24, 2.45) is 0 Å². The minimum atomic E-state index is 0.868. The van der Waals surface area contributed by atoms with Crippen molar-refractivity contribution in [3.05, 3.63) is 20.9 Å². The van der Waals surface area contributed by atoms with Crippen LogP contribution in [0, 0.1) is 0 Å². The van der Waals surface area contributed by atoms with Gasteiger partial charge in [0.1, 0.15) is 0 Å². The summed E-state index contributed by atoms with van der Waals surface area (Å²) in [5.41, 5.74) is 0. The maximum absolute atomic E-state index is 5.92. The molecule has 0 aromatic rings. The van der Waals surface area contributed by atoms with Gasteiger partial charge in [-0.2, -0.15) is 0 Å². The van der Waals surface area contributed by atoms with Gasteiger partial charge >= 0.3 is 0 Å². The fourth-order valence-electron chi connectivity index (χ4n) is 0.785. The zero-order valence-electron chi connectivity index (χ0n) is 5.77. The van der Waals surface area contributed by atoms with Crippen LogP contribution in [-0.2, 0) is 0 Å². The molecule has 0 unspecified atom stereocenters. The zero-order valence-corrected chi connectivity index (χ0v) is 8.69. The van der Waals surface area contributed by atoms with Crippen LogP contribution in [0.25, 0.3) is 0 Å².